The van der Waals surface area contributed by atoms with E-state index in [4.69, 9.17) is 0 Å². The van der Waals surface area contributed by atoms with Gasteiger partial charge in [0, 0.05) is 0 Å². The lowest BCUT2D eigenvalue weighted by molar-refractivity contribution is 0.568. The zero-order valence-electron chi connectivity index (χ0n) is 9.36. The lowest BCUT2D eigenvalue weighted by atomic mass is 10.2. The van der Waals surface area contributed by atoms with Crippen molar-refractivity contribution in [1.29, 1.82) is 0 Å². The van der Waals surface area contributed by atoms with E-state index >= 15 is 0 Å². The molecular formula is C11H26N2. The second-order valence-corrected chi connectivity index (χ2v) is 3.62. The third kappa shape index (κ3) is 11.9. The van der Waals surface area contributed by atoms with Gasteiger partial charge in [-0.2, -0.15) is 0 Å². The van der Waals surface area contributed by atoms with Gasteiger partial charge in [0.05, 0.1) is 0 Å². The van der Waals surface area contributed by atoms with E-state index in [1.165, 1.54) is 51.6 Å². The number of nitrogens with one attached hydrogen (secondary N) is 2. The Labute approximate surface area is 83.5 Å². The van der Waals surface area contributed by atoms with E-state index < -0.39 is 0 Å². The molecule has 2 N–H and O–H groups in total. The Kier molecular flexibility index (Phi) is 11.8. The first-order valence-electron chi connectivity index (χ1n) is 5.77. The van der Waals surface area contributed by atoms with Crippen molar-refractivity contribution in [2.24, 2.45) is 0 Å². The lowest BCUT2D eigenvalue weighted by Crippen LogP contribution is -2.17. The molecule has 0 amide bonds. The molecule has 2 heteroatoms. The minimum Gasteiger partial charge on any atom is -0.320 e. The summed E-state index contributed by atoms with van der Waals surface area (Å²) in [6.07, 6.45) is 8.02. The van der Waals surface area contributed by atoms with Crippen LogP contribution in [0, 0.1) is 0 Å². The molecule has 0 aliphatic heterocycles. The third-order valence-corrected chi connectivity index (χ3v) is 2.24. The van der Waals surface area contributed by atoms with Gasteiger partial charge in [0.2, 0.25) is 0 Å². The lowest BCUT2D eigenvalue weighted by Gasteiger charge is -2.03. The molecule has 80 valence electrons. The first kappa shape index (κ1) is 12.9. The van der Waals surface area contributed by atoms with Crippen molar-refractivity contribution in [2.45, 2.75) is 45.4 Å². The predicted octanol–water partition coefficient (Wildman–Crippen LogP) is 2.16. The Balaban J connectivity index is 2.76. The number of hydrogen-bond acceptors (Lipinski definition) is 2. The summed E-state index contributed by atoms with van der Waals surface area (Å²) in [6.45, 7) is 5.82. The van der Waals surface area contributed by atoms with Gasteiger partial charge in [-0.1, -0.05) is 26.2 Å². The smallest absolute Gasteiger partial charge is 0.00489 e. The molecule has 0 spiro atoms. The summed E-state index contributed by atoms with van der Waals surface area (Å²) < 4.78 is 0. The van der Waals surface area contributed by atoms with E-state index in [0.717, 1.165) is 6.54 Å². The van der Waals surface area contributed by atoms with Gasteiger partial charge >= 0.3 is 0 Å². The van der Waals surface area contributed by atoms with Gasteiger partial charge in [-0.15, -0.1) is 0 Å². The first-order chi connectivity index (χ1) is 6.41. The van der Waals surface area contributed by atoms with E-state index in [1.807, 2.05) is 7.05 Å². The second kappa shape index (κ2) is 11.9. The topological polar surface area (TPSA) is 24.1 Å². The molecule has 0 unspecified atom stereocenters. The van der Waals surface area contributed by atoms with Crippen LogP contribution in [0.15, 0.2) is 0 Å². The summed E-state index contributed by atoms with van der Waals surface area (Å²) in [5.41, 5.74) is 0. The molecule has 0 fully saturated rings. The Bertz CT molecular complexity index is 74.2. The van der Waals surface area contributed by atoms with E-state index in [2.05, 4.69) is 17.6 Å². The van der Waals surface area contributed by atoms with E-state index in [1.54, 1.807) is 0 Å². The fraction of sp³-hybridized carbons (Fsp3) is 1.00. The molecule has 2 nitrogen and oxygen atoms in total. The third-order valence-electron chi connectivity index (χ3n) is 2.24. The van der Waals surface area contributed by atoms with Gasteiger partial charge < -0.3 is 10.6 Å². The summed E-state index contributed by atoms with van der Waals surface area (Å²) in [5.74, 6) is 0. The highest BCUT2D eigenvalue weighted by Crippen LogP contribution is 1.93. The van der Waals surface area contributed by atoms with Crippen LogP contribution in [0.5, 0.6) is 0 Å². The monoisotopic (exact) mass is 186 g/mol. The van der Waals surface area contributed by atoms with Gasteiger partial charge in [-0.25, -0.2) is 0 Å². The molecule has 0 rings (SSSR count). The summed E-state index contributed by atoms with van der Waals surface area (Å²) in [6, 6.07) is 0. The van der Waals surface area contributed by atoms with E-state index in [-0.39, 0.29) is 0 Å². The zero-order valence-corrected chi connectivity index (χ0v) is 9.36. The fourth-order valence-corrected chi connectivity index (χ4v) is 1.35. The van der Waals surface area contributed by atoms with Crippen molar-refractivity contribution >= 4 is 0 Å². The van der Waals surface area contributed by atoms with Crippen molar-refractivity contribution in [3.8, 4) is 0 Å². The minimum atomic E-state index is 1.16. The number of unbranched alkanes of at least 4 members (excludes halogenated alkanes) is 4. The second-order valence-electron chi connectivity index (χ2n) is 3.62. The quantitative estimate of drug-likeness (QED) is 0.511. The normalized spacial score (nSPS) is 10.6. The Morgan fingerprint density at radius 2 is 1.38 bits per heavy atom. The SMILES string of the molecule is CCCCCNCCCCCNC. The molecule has 0 saturated carbocycles. The molecule has 0 aliphatic rings. The maximum Gasteiger partial charge on any atom is -0.00489 e. The fourth-order valence-electron chi connectivity index (χ4n) is 1.35. The highest BCUT2D eigenvalue weighted by Gasteiger charge is 1.89. The van der Waals surface area contributed by atoms with Crippen molar-refractivity contribution in [1.82, 2.24) is 10.6 Å². The molecule has 0 aromatic rings. The van der Waals surface area contributed by atoms with Crippen LogP contribution in [0.3, 0.4) is 0 Å². The van der Waals surface area contributed by atoms with Crippen LogP contribution in [-0.2, 0) is 0 Å². The summed E-state index contributed by atoms with van der Waals surface area (Å²) in [4.78, 5) is 0. The summed E-state index contributed by atoms with van der Waals surface area (Å²) in [5, 5.41) is 6.64. The average Bonchev–Trinajstić information content (AvgIpc) is 2.16. The largest absolute Gasteiger partial charge is 0.320 e. The van der Waals surface area contributed by atoms with Crippen molar-refractivity contribution < 1.29 is 0 Å². The van der Waals surface area contributed by atoms with Gasteiger partial charge in [0.25, 0.3) is 0 Å². The first-order valence-corrected chi connectivity index (χ1v) is 5.77. The number of rotatable bonds is 10. The van der Waals surface area contributed by atoms with Crippen molar-refractivity contribution in [2.75, 3.05) is 26.7 Å². The standard InChI is InChI=1S/C11H26N2/c1-3-4-6-10-13-11-8-5-7-9-12-2/h12-13H,3-11H2,1-2H3. The van der Waals surface area contributed by atoms with Gasteiger partial charge in [-0.3, -0.25) is 0 Å². The molecule has 0 saturated heterocycles. The molecule has 0 radical (unpaired) electrons. The summed E-state index contributed by atoms with van der Waals surface area (Å²) in [7, 11) is 2.02. The molecule has 0 aliphatic carbocycles. The Morgan fingerprint density at radius 3 is 2.00 bits per heavy atom. The molecule has 0 aromatic carbocycles. The molecule has 13 heavy (non-hydrogen) atoms. The van der Waals surface area contributed by atoms with Gasteiger partial charge in [0.15, 0.2) is 0 Å². The average molecular weight is 186 g/mol. The minimum absolute atomic E-state index is 1.16. The molecule has 0 atom stereocenters. The van der Waals surface area contributed by atoms with Crippen LogP contribution in [0.2, 0.25) is 0 Å². The van der Waals surface area contributed by atoms with E-state index in [9.17, 15) is 0 Å². The Hall–Kier alpha value is -0.0800. The summed E-state index contributed by atoms with van der Waals surface area (Å²) >= 11 is 0. The highest BCUT2D eigenvalue weighted by atomic mass is 14.8. The highest BCUT2D eigenvalue weighted by molar-refractivity contribution is 4.50. The predicted molar refractivity (Wildman–Crippen MR) is 60.2 cm³/mol. The van der Waals surface area contributed by atoms with Gasteiger partial charge in [-0.05, 0) is 45.9 Å². The van der Waals surface area contributed by atoms with Crippen molar-refractivity contribution in [3.05, 3.63) is 0 Å². The van der Waals surface area contributed by atoms with Crippen LogP contribution in [-0.4, -0.2) is 26.7 Å². The maximum absolute atomic E-state index is 3.48. The van der Waals surface area contributed by atoms with Gasteiger partial charge in [0.1, 0.15) is 0 Å². The maximum atomic E-state index is 3.48. The number of hydrogen-bond donors (Lipinski definition) is 2. The van der Waals surface area contributed by atoms with Crippen LogP contribution in [0.25, 0.3) is 0 Å². The molecule has 0 bridgehead atoms. The zero-order chi connectivity index (χ0) is 9.78. The van der Waals surface area contributed by atoms with Crippen LogP contribution in [0.1, 0.15) is 45.4 Å². The Morgan fingerprint density at radius 1 is 0.769 bits per heavy atom. The molecular weight excluding hydrogens is 160 g/mol. The van der Waals surface area contributed by atoms with Crippen molar-refractivity contribution in [3.63, 3.8) is 0 Å². The molecule has 0 heterocycles. The van der Waals surface area contributed by atoms with Crippen LogP contribution < -0.4 is 10.6 Å². The van der Waals surface area contributed by atoms with Crippen LogP contribution >= 0.6 is 0 Å². The van der Waals surface area contributed by atoms with E-state index in [0.29, 0.717) is 0 Å². The van der Waals surface area contributed by atoms with Crippen LogP contribution in [0.4, 0.5) is 0 Å². The molecule has 0 aromatic heterocycles.